The summed E-state index contributed by atoms with van der Waals surface area (Å²) in [5, 5.41) is 2.64. The maximum atomic E-state index is 11.8. The molecule has 1 unspecified atom stereocenters. The van der Waals surface area contributed by atoms with Crippen LogP contribution in [-0.4, -0.2) is 24.9 Å². The van der Waals surface area contributed by atoms with E-state index >= 15 is 0 Å². The van der Waals surface area contributed by atoms with Gasteiger partial charge < -0.3 is 10.1 Å². The van der Waals surface area contributed by atoms with Gasteiger partial charge >= 0.3 is 6.03 Å². The molecule has 0 spiro atoms. The number of amides is 2. The van der Waals surface area contributed by atoms with Crippen molar-refractivity contribution in [3.8, 4) is 0 Å². The van der Waals surface area contributed by atoms with Crippen molar-refractivity contribution in [1.29, 1.82) is 0 Å². The lowest BCUT2D eigenvalue weighted by Gasteiger charge is -2.13. The van der Waals surface area contributed by atoms with Crippen LogP contribution < -0.4 is 14.8 Å². The fourth-order valence-corrected chi connectivity index (χ4v) is 2.60. The summed E-state index contributed by atoms with van der Waals surface area (Å²) in [5.74, 6) is 0. The second-order valence-corrected chi connectivity index (χ2v) is 5.94. The Hall–Kier alpha value is -2.31. The van der Waals surface area contributed by atoms with Crippen LogP contribution in [0.2, 0.25) is 0 Å². The molecular formula is C18H21N3O2S. The minimum absolute atomic E-state index is 0.389. The number of aldehydes is 1. The van der Waals surface area contributed by atoms with E-state index in [2.05, 4.69) is 26.9 Å². The van der Waals surface area contributed by atoms with Gasteiger partial charge in [0.05, 0.1) is 6.04 Å². The summed E-state index contributed by atoms with van der Waals surface area (Å²) >= 11 is 1.11. The third-order valence-corrected chi connectivity index (χ3v) is 3.99. The van der Waals surface area contributed by atoms with Crippen molar-refractivity contribution in [1.82, 2.24) is 14.8 Å². The molecule has 6 heteroatoms. The predicted octanol–water partition coefficient (Wildman–Crippen LogP) is 2.49. The number of carbonyl (C=O) groups excluding carboxylic acids is 2. The van der Waals surface area contributed by atoms with E-state index in [9.17, 15) is 9.59 Å². The second kappa shape index (κ2) is 10.5. The molecule has 126 valence electrons. The zero-order chi connectivity index (χ0) is 17.0. The molecule has 0 heterocycles. The van der Waals surface area contributed by atoms with Crippen LogP contribution in [0.1, 0.15) is 11.1 Å². The topological polar surface area (TPSA) is 70.2 Å². The first-order valence-corrected chi connectivity index (χ1v) is 8.58. The highest BCUT2D eigenvalue weighted by Gasteiger charge is 2.11. The van der Waals surface area contributed by atoms with Gasteiger partial charge in [0.25, 0.3) is 0 Å². The van der Waals surface area contributed by atoms with Crippen LogP contribution in [0.3, 0.4) is 0 Å². The number of carbonyl (C=O) groups is 2. The van der Waals surface area contributed by atoms with E-state index in [-0.39, 0.29) is 6.03 Å². The summed E-state index contributed by atoms with van der Waals surface area (Å²) in [7, 11) is 0. The van der Waals surface area contributed by atoms with Gasteiger partial charge in [0.2, 0.25) is 0 Å². The van der Waals surface area contributed by atoms with E-state index < -0.39 is 6.04 Å². The normalized spacial score (nSPS) is 11.5. The van der Waals surface area contributed by atoms with Crippen molar-refractivity contribution >= 4 is 24.5 Å². The fourth-order valence-electron chi connectivity index (χ4n) is 2.17. The van der Waals surface area contributed by atoms with Crippen LogP contribution in [0.15, 0.2) is 60.7 Å². The van der Waals surface area contributed by atoms with Crippen molar-refractivity contribution in [3.05, 3.63) is 71.8 Å². The third-order valence-electron chi connectivity index (χ3n) is 3.35. The van der Waals surface area contributed by atoms with Gasteiger partial charge in [-0.15, -0.1) is 0 Å². The van der Waals surface area contributed by atoms with Crippen LogP contribution >= 0.6 is 12.1 Å². The van der Waals surface area contributed by atoms with Crippen LogP contribution in [0, 0.1) is 0 Å². The highest BCUT2D eigenvalue weighted by Crippen LogP contribution is 2.02. The van der Waals surface area contributed by atoms with Crippen LogP contribution in [0.5, 0.6) is 0 Å². The van der Waals surface area contributed by atoms with E-state index in [1.165, 1.54) is 5.56 Å². The molecule has 24 heavy (non-hydrogen) atoms. The molecule has 0 aliphatic heterocycles. The zero-order valence-corrected chi connectivity index (χ0v) is 14.1. The maximum absolute atomic E-state index is 11.8. The molecule has 3 N–H and O–H groups in total. The van der Waals surface area contributed by atoms with E-state index in [0.29, 0.717) is 6.42 Å². The molecule has 5 nitrogen and oxygen atoms in total. The molecule has 0 radical (unpaired) electrons. The molecule has 0 bridgehead atoms. The van der Waals surface area contributed by atoms with E-state index in [1.54, 1.807) is 0 Å². The molecule has 2 aromatic rings. The first-order valence-electron chi connectivity index (χ1n) is 7.76. The van der Waals surface area contributed by atoms with Gasteiger partial charge in [-0.05, 0) is 24.0 Å². The van der Waals surface area contributed by atoms with Crippen LogP contribution in [0.25, 0.3) is 0 Å². The number of hydrogen-bond donors (Lipinski definition) is 3. The molecule has 1 atom stereocenters. The highest BCUT2D eigenvalue weighted by molar-refractivity contribution is 7.96. The predicted molar refractivity (Wildman–Crippen MR) is 97.4 cm³/mol. The first-order chi connectivity index (χ1) is 11.8. The standard InChI is InChI=1S/C18H21N3O2S/c22-14-17(13-16-9-5-2-6-10-16)20-18(23)21-24-19-12-11-15-7-3-1-4-8-15/h1-10,14,17,19H,11-13H2,(H2,20,21,23). The maximum Gasteiger partial charge on any atom is 0.326 e. The van der Waals surface area contributed by atoms with E-state index in [1.807, 2.05) is 48.5 Å². The third kappa shape index (κ3) is 6.85. The summed E-state index contributed by atoms with van der Waals surface area (Å²) in [5.41, 5.74) is 2.24. The average molecular weight is 343 g/mol. The van der Waals surface area contributed by atoms with Gasteiger partial charge in [0.1, 0.15) is 6.29 Å². The lowest BCUT2D eigenvalue weighted by Crippen LogP contribution is -2.42. The Labute approximate surface area is 146 Å². The molecule has 0 saturated heterocycles. The quantitative estimate of drug-likeness (QED) is 0.372. The molecule has 2 aromatic carbocycles. The molecule has 2 rings (SSSR count). The Bertz CT molecular complexity index is 623. The first kappa shape index (κ1) is 18.0. The monoisotopic (exact) mass is 343 g/mol. The summed E-state index contributed by atoms with van der Waals surface area (Å²) in [4.78, 5) is 22.9. The molecule has 0 aliphatic rings. The Morgan fingerprint density at radius 2 is 1.62 bits per heavy atom. The molecule has 0 aromatic heterocycles. The van der Waals surface area contributed by atoms with Gasteiger partial charge in [-0.2, -0.15) is 0 Å². The summed E-state index contributed by atoms with van der Waals surface area (Å²) in [6.45, 7) is 0.732. The molecular weight excluding hydrogens is 322 g/mol. The number of urea groups is 1. The minimum atomic E-state index is -0.544. The van der Waals surface area contributed by atoms with Crippen molar-refractivity contribution in [2.24, 2.45) is 0 Å². The van der Waals surface area contributed by atoms with Crippen molar-refractivity contribution in [2.75, 3.05) is 6.54 Å². The molecule has 2 amide bonds. The van der Waals surface area contributed by atoms with Crippen molar-refractivity contribution in [3.63, 3.8) is 0 Å². The van der Waals surface area contributed by atoms with Gasteiger partial charge in [0.15, 0.2) is 0 Å². The number of benzene rings is 2. The molecule has 0 saturated carbocycles. The fraction of sp³-hybridized carbons (Fsp3) is 0.222. The zero-order valence-electron chi connectivity index (χ0n) is 13.3. The Morgan fingerprint density at radius 1 is 1.00 bits per heavy atom. The largest absolute Gasteiger partial charge is 0.328 e. The van der Waals surface area contributed by atoms with E-state index in [0.717, 1.165) is 36.9 Å². The van der Waals surface area contributed by atoms with Gasteiger partial charge in [-0.25, -0.2) is 9.52 Å². The van der Waals surface area contributed by atoms with Crippen LogP contribution in [-0.2, 0) is 17.6 Å². The SMILES string of the molecule is O=CC(Cc1ccccc1)NC(=O)NSNCCc1ccccc1. The van der Waals surface area contributed by atoms with Crippen molar-refractivity contribution < 1.29 is 9.59 Å². The second-order valence-electron chi connectivity index (χ2n) is 5.24. The van der Waals surface area contributed by atoms with E-state index in [4.69, 9.17) is 0 Å². The van der Waals surface area contributed by atoms with Crippen LogP contribution in [0.4, 0.5) is 4.79 Å². The number of rotatable bonds is 9. The van der Waals surface area contributed by atoms with Gasteiger partial charge in [-0.1, -0.05) is 60.7 Å². The molecule has 0 aliphatic carbocycles. The average Bonchev–Trinajstić information content (AvgIpc) is 2.62. The van der Waals surface area contributed by atoms with Gasteiger partial charge in [0, 0.05) is 18.7 Å². The minimum Gasteiger partial charge on any atom is -0.328 e. The Kier molecular flexibility index (Phi) is 7.86. The number of hydrogen-bond acceptors (Lipinski definition) is 4. The lowest BCUT2D eigenvalue weighted by molar-refractivity contribution is -0.109. The lowest BCUT2D eigenvalue weighted by atomic mass is 10.1. The summed E-state index contributed by atoms with van der Waals surface area (Å²) in [6.07, 6.45) is 2.10. The Morgan fingerprint density at radius 3 is 2.25 bits per heavy atom. The summed E-state index contributed by atoms with van der Waals surface area (Å²) < 4.78 is 5.68. The molecule has 0 fully saturated rings. The van der Waals surface area contributed by atoms with Gasteiger partial charge in [-0.3, -0.25) is 4.72 Å². The number of nitrogens with one attached hydrogen (secondary N) is 3. The van der Waals surface area contributed by atoms with Crippen molar-refractivity contribution in [2.45, 2.75) is 18.9 Å². The smallest absolute Gasteiger partial charge is 0.326 e. The Balaban J connectivity index is 1.62. The summed E-state index contributed by atoms with van der Waals surface area (Å²) in [6, 6.07) is 18.8. The highest BCUT2D eigenvalue weighted by atomic mass is 32.2.